The van der Waals surface area contributed by atoms with Gasteiger partial charge < -0.3 is 0 Å². The van der Waals surface area contributed by atoms with Crippen molar-refractivity contribution in [1.29, 1.82) is 0 Å². The van der Waals surface area contributed by atoms with E-state index in [2.05, 4.69) is 0 Å². The fourth-order valence-electron chi connectivity index (χ4n) is 4.49. The molecule has 4 aromatic rings. The van der Waals surface area contributed by atoms with Gasteiger partial charge in [0.2, 0.25) is 0 Å². The van der Waals surface area contributed by atoms with Crippen LogP contribution in [0.5, 0.6) is 0 Å². The van der Waals surface area contributed by atoms with Crippen LogP contribution in [0, 0.1) is 0 Å². The number of aromatic nitrogens is 4. The van der Waals surface area contributed by atoms with Crippen molar-refractivity contribution in [3.05, 3.63) is 82.8 Å². The summed E-state index contributed by atoms with van der Waals surface area (Å²) in [6, 6.07) is 19.2. The van der Waals surface area contributed by atoms with Crippen LogP contribution in [-0.4, -0.2) is 25.2 Å². The molecule has 6 nitrogen and oxygen atoms in total. The van der Waals surface area contributed by atoms with Crippen molar-refractivity contribution in [2.24, 2.45) is 0 Å². The molecule has 0 atom stereocenters. The fraction of sp³-hybridized carbons (Fsp3) is 0.231. The van der Waals surface area contributed by atoms with E-state index < -0.39 is 0 Å². The zero-order valence-electron chi connectivity index (χ0n) is 18.0. The molecule has 0 N–H and O–H groups in total. The minimum Gasteiger partial charge on any atom is -0.300 e. The smallest absolute Gasteiger partial charge is 0.271 e. The number of nitrogens with zero attached hydrogens (tertiary/aromatic N) is 4. The molecule has 0 amide bonds. The summed E-state index contributed by atoms with van der Waals surface area (Å²) >= 11 is 0. The number of ketones is 1. The second-order valence-electron chi connectivity index (χ2n) is 8.22. The number of rotatable bonds is 5. The van der Waals surface area contributed by atoms with Gasteiger partial charge in [-0.1, -0.05) is 36.4 Å². The van der Waals surface area contributed by atoms with Gasteiger partial charge in [0.15, 0.2) is 0 Å². The van der Waals surface area contributed by atoms with Gasteiger partial charge in [-0.2, -0.15) is 10.2 Å². The van der Waals surface area contributed by atoms with E-state index in [1.165, 1.54) is 4.68 Å². The molecule has 32 heavy (non-hydrogen) atoms. The molecule has 1 aromatic carbocycles. The first-order chi connectivity index (χ1) is 15.6. The monoisotopic (exact) mass is 424 g/mol. The van der Waals surface area contributed by atoms with Crippen LogP contribution >= 0.6 is 0 Å². The molecule has 6 heteroatoms. The summed E-state index contributed by atoms with van der Waals surface area (Å²) in [7, 11) is 0. The van der Waals surface area contributed by atoms with Crippen molar-refractivity contribution in [1.82, 2.24) is 19.4 Å². The van der Waals surface area contributed by atoms with Crippen LogP contribution in [0.4, 0.5) is 0 Å². The van der Waals surface area contributed by atoms with Crippen LogP contribution in [0.1, 0.15) is 39.0 Å². The first kappa shape index (κ1) is 20.1. The second kappa shape index (κ2) is 8.38. The number of pyridine rings is 1. The van der Waals surface area contributed by atoms with Crippen molar-refractivity contribution in [2.75, 3.05) is 0 Å². The number of carbonyl (C=O) groups is 1. The molecule has 0 spiro atoms. The number of hydrogen-bond acceptors (Lipinski definition) is 4. The number of allylic oxidation sites excluding steroid dienone is 2. The van der Waals surface area contributed by atoms with E-state index in [4.69, 9.17) is 10.2 Å². The molecule has 0 fully saturated rings. The van der Waals surface area contributed by atoms with Crippen LogP contribution in [-0.2, 0) is 4.79 Å². The molecule has 3 heterocycles. The Morgan fingerprint density at radius 3 is 2.53 bits per heavy atom. The summed E-state index contributed by atoms with van der Waals surface area (Å²) in [5, 5.41) is 9.62. The minimum atomic E-state index is -0.176. The molecule has 0 unspecified atom stereocenters. The Balaban J connectivity index is 1.73. The lowest BCUT2D eigenvalue weighted by atomic mass is 9.93. The molecule has 160 valence electrons. The fourth-order valence-corrected chi connectivity index (χ4v) is 4.49. The van der Waals surface area contributed by atoms with Gasteiger partial charge in [-0.05, 0) is 56.4 Å². The van der Waals surface area contributed by atoms with Crippen LogP contribution in [0.3, 0.4) is 0 Å². The topological polar surface area (TPSA) is 69.3 Å². The van der Waals surface area contributed by atoms with E-state index >= 15 is 0 Å². The lowest BCUT2D eigenvalue weighted by Gasteiger charge is -2.20. The molecule has 0 saturated heterocycles. The van der Waals surface area contributed by atoms with Crippen LogP contribution in [0.15, 0.2) is 77.2 Å². The Labute approximate surface area is 185 Å². The Bertz CT molecular complexity index is 1400. The van der Waals surface area contributed by atoms with Crippen molar-refractivity contribution in [2.45, 2.75) is 39.0 Å². The zero-order valence-corrected chi connectivity index (χ0v) is 18.0. The van der Waals surface area contributed by atoms with Crippen molar-refractivity contribution in [3.8, 4) is 22.5 Å². The predicted octanol–water partition coefficient (Wildman–Crippen LogP) is 4.99. The average Bonchev–Trinajstić information content (AvgIpc) is 3.20. The highest BCUT2D eigenvalue weighted by Crippen LogP contribution is 2.34. The maximum absolute atomic E-state index is 12.9. The maximum Gasteiger partial charge on any atom is 0.271 e. The van der Waals surface area contributed by atoms with Crippen molar-refractivity contribution < 1.29 is 4.79 Å². The normalized spacial score (nSPS) is 14.2. The van der Waals surface area contributed by atoms with E-state index in [0.717, 1.165) is 59.3 Å². The molecule has 0 bridgehead atoms. The van der Waals surface area contributed by atoms with Gasteiger partial charge in [0.05, 0.1) is 16.8 Å². The van der Waals surface area contributed by atoms with Gasteiger partial charge in [-0.15, -0.1) is 0 Å². The summed E-state index contributed by atoms with van der Waals surface area (Å²) in [5.41, 5.74) is 6.01. The minimum absolute atomic E-state index is 0.109. The molecule has 5 rings (SSSR count). The molecule has 0 radical (unpaired) electrons. The van der Waals surface area contributed by atoms with E-state index in [1.54, 1.807) is 19.1 Å². The van der Waals surface area contributed by atoms with Gasteiger partial charge in [0.25, 0.3) is 5.56 Å². The molecular weight excluding hydrogens is 400 g/mol. The predicted molar refractivity (Wildman–Crippen MR) is 125 cm³/mol. The highest BCUT2D eigenvalue weighted by molar-refractivity contribution is 5.90. The Morgan fingerprint density at radius 1 is 0.938 bits per heavy atom. The zero-order chi connectivity index (χ0) is 22.1. The highest BCUT2D eigenvalue weighted by atomic mass is 16.1. The number of fused-ring (bicyclic) bond motifs is 1. The molecular formula is C26H24N4O2. The number of hydrogen-bond donors (Lipinski definition) is 0. The van der Waals surface area contributed by atoms with Gasteiger partial charge in [-0.25, -0.2) is 9.20 Å². The Hall–Kier alpha value is -3.80. The number of carbonyl (C=O) groups excluding carboxylic acids is 1. The summed E-state index contributed by atoms with van der Waals surface area (Å²) in [4.78, 5) is 24.7. The summed E-state index contributed by atoms with van der Waals surface area (Å²) in [6.07, 6.45) is 5.89. The van der Waals surface area contributed by atoms with E-state index in [1.807, 2.05) is 59.2 Å². The third-order valence-corrected chi connectivity index (χ3v) is 5.91. The Kier molecular flexibility index (Phi) is 5.27. The third-order valence-electron chi connectivity index (χ3n) is 5.91. The largest absolute Gasteiger partial charge is 0.300 e. The van der Waals surface area contributed by atoms with Gasteiger partial charge in [0, 0.05) is 29.9 Å². The van der Waals surface area contributed by atoms with Gasteiger partial charge in [0.1, 0.15) is 11.5 Å². The van der Waals surface area contributed by atoms with Crippen LogP contribution < -0.4 is 5.56 Å². The van der Waals surface area contributed by atoms with E-state index in [-0.39, 0.29) is 11.3 Å². The second-order valence-corrected chi connectivity index (χ2v) is 8.22. The van der Waals surface area contributed by atoms with Crippen LogP contribution in [0.25, 0.3) is 33.7 Å². The highest BCUT2D eigenvalue weighted by Gasteiger charge is 2.21. The third kappa shape index (κ3) is 3.68. The Morgan fingerprint density at radius 2 is 1.72 bits per heavy atom. The lowest BCUT2D eigenvalue weighted by molar-refractivity contribution is -0.116. The van der Waals surface area contributed by atoms with Crippen LogP contribution in [0.2, 0.25) is 0 Å². The molecule has 3 aromatic heterocycles. The standard InChI is InChI=1S/C26H24N4O2/c1-18(31)17-20-11-5-6-12-22(20)30-24(32)15-14-21(27-30)25-23-13-7-8-16-29(23)28-26(25)19-9-3-2-4-10-19/h2-4,7-10,13-16H,5-6,11-12,17H2,1H3. The molecule has 0 saturated carbocycles. The first-order valence-corrected chi connectivity index (χ1v) is 11.0. The summed E-state index contributed by atoms with van der Waals surface area (Å²) in [5.74, 6) is 0.109. The average molecular weight is 425 g/mol. The van der Waals surface area contributed by atoms with Crippen molar-refractivity contribution >= 4 is 17.0 Å². The summed E-state index contributed by atoms with van der Waals surface area (Å²) < 4.78 is 3.35. The summed E-state index contributed by atoms with van der Waals surface area (Å²) in [6.45, 7) is 1.59. The molecule has 1 aliphatic rings. The lowest BCUT2D eigenvalue weighted by Crippen LogP contribution is -2.24. The molecule has 1 aliphatic carbocycles. The van der Waals surface area contributed by atoms with E-state index in [0.29, 0.717) is 12.1 Å². The maximum atomic E-state index is 12.9. The van der Waals surface area contributed by atoms with Gasteiger partial charge >= 0.3 is 0 Å². The van der Waals surface area contributed by atoms with Crippen molar-refractivity contribution in [3.63, 3.8) is 0 Å². The number of benzene rings is 1. The molecule has 0 aliphatic heterocycles. The van der Waals surface area contributed by atoms with E-state index in [9.17, 15) is 9.59 Å². The van der Waals surface area contributed by atoms with Gasteiger partial charge in [-0.3, -0.25) is 9.59 Å². The quantitative estimate of drug-likeness (QED) is 0.453. The SMILES string of the molecule is CC(=O)CC1=C(n2nc(-c3c(-c4ccccc4)nn4ccccc34)ccc2=O)CCCC1. The number of Topliss-reactive ketones (excluding diaryl/α,β-unsaturated/α-hetero) is 1. The first-order valence-electron chi connectivity index (χ1n) is 11.0.